The van der Waals surface area contributed by atoms with Gasteiger partial charge in [-0.25, -0.2) is 0 Å². The molecule has 3 nitrogen and oxygen atoms in total. The molecule has 0 saturated heterocycles. The molecule has 0 amide bonds. The fraction of sp³-hybridized carbons (Fsp3) is 0.878. The average Bonchev–Trinajstić information content (AvgIpc) is 3.04. The first-order valence-corrected chi connectivity index (χ1v) is 21.3. The molecule has 0 aromatic rings. The minimum atomic E-state index is -0.478. The van der Waals surface area contributed by atoms with Crippen LogP contribution >= 0.6 is 11.8 Å². The standard InChI is InChI=1S/C41H79NO2S/c1-4-6-8-10-12-14-16-18-20-22-24-26-28-30-32-34-36-39(44-41(43)40(42)37-38-45-3)35-33-31-29-27-25-23-21-19-17-15-13-11-9-7-5-2/h18-21,39-40H,4-17,22-38,42H2,1-3H3/b20-18-,21-19-/t39?,40-/m0/s1. The lowest BCUT2D eigenvalue weighted by molar-refractivity contribution is -0.151. The van der Waals surface area contributed by atoms with Gasteiger partial charge in [-0.2, -0.15) is 11.8 Å². The SMILES string of the molecule is CCCCCCCC/C=C\CCCCCCCCC(CCCCCCC/C=C\CCCCCCCC)OC(=O)[C@@H](N)CCSC. The van der Waals surface area contributed by atoms with Crippen LogP contribution in [0.4, 0.5) is 0 Å². The molecule has 2 N–H and O–H groups in total. The second-order valence-electron chi connectivity index (χ2n) is 13.5. The molecule has 0 aliphatic carbocycles. The number of hydrogen-bond acceptors (Lipinski definition) is 4. The van der Waals surface area contributed by atoms with Crippen LogP contribution in [0.1, 0.15) is 206 Å². The summed E-state index contributed by atoms with van der Waals surface area (Å²) in [4.78, 5) is 12.6. The van der Waals surface area contributed by atoms with Crippen molar-refractivity contribution in [3.8, 4) is 0 Å². The van der Waals surface area contributed by atoms with E-state index in [2.05, 4.69) is 44.4 Å². The molecule has 1 unspecified atom stereocenters. The fourth-order valence-electron chi connectivity index (χ4n) is 5.94. The van der Waals surface area contributed by atoms with Gasteiger partial charge < -0.3 is 10.5 Å². The Hall–Kier alpha value is -0.740. The lowest BCUT2D eigenvalue weighted by atomic mass is 10.0. The van der Waals surface area contributed by atoms with Gasteiger partial charge in [0.25, 0.3) is 0 Å². The zero-order valence-electron chi connectivity index (χ0n) is 30.7. The zero-order valence-corrected chi connectivity index (χ0v) is 31.5. The lowest BCUT2D eigenvalue weighted by Gasteiger charge is -2.20. The molecular weight excluding hydrogens is 571 g/mol. The van der Waals surface area contributed by atoms with Crippen molar-refractivity contribution in [1.82, 2.24) is 0 Å². The molecule has 0 radical (unpaired) electrons. The van der Waals surface area contributed by atoms with Gasteiger partial charge in [0, 0.05) is 0 Å². The van der Waals surface area contributed by atoms with Crippen LogP contribution in [0.5, 0.6) is 0 Å². The van der Waals surface area contributed by atoms with Crippen molar-refractivity contribution in [3.05, 3.63) is 24.3 Å². The van der Waals surface area contributed by atoms with Gasteiger partial charge in [-0.05, 0) is 95.5 Å². The third kappa shape index (κ3) is 34.4. The normalized spacial score (nSPS) is 13.2. The predicted octanol–water partition coefficient (Wildman–Crippen LogP) is 13.4. The van der Waals surface area contributed by atoms with Crippen LogP contribution in [-0.4, -0.2) is 30.1 Å². The van der Waals surface area contributed by atoms with Crippen molar-refractivity contribution in [1.29, 1.82) is 0 Å². The number of carbonyl (C=O) groups is 1. The molecule has 0 aliphatic heterocycles. The van der Waals surface area contributed by atoms with Crippen molar-refractivity contribution < 1.29 is 9.53 Å². The summed E-state index contributed by atoms with van der Waals surface area (Å²) in [5, 5.41) is 0. The summed E-state index contributed by atoms with van der Waals surface area (Å²) in [6.07, 6.45) is 49.9. The summed E-state index contributed by atoms with van der Waals surface area (Å²) in [6.45, 7) is 4.56. The Labute approximate surface area is 287 Å². The largest absolute Gasteiger partial charge is 0.461 e. The number of esters is 1. The smallest absolute Gasteiger partial charge is 0.323 e. The van der Waals surface area contributed by atoms with Gasteiger partial charge >= 0.3 is 5.97 Å². The summed E-state index contributed by atoms with van der Waals surface area (Å²) >= 11 is 1.74. The van der Waals surface area contributed by atoms with Gasteiger partial charge in [0.1, 0.15) is 12.1 Å². The molecular formula is C41H79NO2S. The number of nitrogens with two attached hydrogens (primary N) is 1. The number of rotatable bonds is 36. The minimum Gasteiger partial charge on any atom is -0.461 e. The summed E-state index contributed by atoms with van der Waals surface area (Å²) in [5.74, 6) is 0.718. The van der Waals surface area contributed by atoms with E-state index in [4.69, 9.17) is 10.5 Å². The lowest BCUT2D eigenvalue weighted by Crippen LogP contribution is -2.35. The highest BCUT2D eigenvalue weighted by molar-refractivity contribution is 7.98. The number of ether oxygens (including phenoxy) is 1. The number of carbonyl (C=O) groups excluding carboxylic acids is 1. The van der Waals surface area contributed by atoms with E-state index in [-0.39, 0.29) is 12.1 Å². The zero-order chi connectivity index (χ0) is 32.9. The molecule has 2 atom stereocenters. The molecule has 0 rings (SSSR count). The highest BCUT2D eigenvalue weighted by atomic mass is 32.2. The van der Waals surface area contributed by atoms with E-state index in [0.717, 1.165) is 31.4 Å². The summed E-state index contributed by atoms with van der Waals surface area (Å²) < 4.78 is 5.96. The molecule has 0 aromatic heterocycles. The van der Waals surface area contributed by atoms with E-state index in [9.17, 15) is 4.79 Å². The molecule has 0 saturated carbocycles. The van der Waals surface area contributed by atoms with E-state index < -0.39 is 6.04 Å². The highest BCUT2D eigenvalue weighted by Crippen LogP contribution is 2.18. The third-order valence-corrected chi connectivity index (χ3v) is 9.69. The minimum absolute atomic E-state index is 0.0412. The second kappa shape index (κ2) is 37.7. The number of hydrogen-bond donors (Lipinski definition) is 1. The van der Waals surface area contributed by atoms with Gasteiger partial charge in [-0.15, -0.1) is 0 Å². The first-order valence-electron chi connectivity index (χ1n) is 19.9. The molecule has 0 spiro atoms. The monoisotopic (exact) mass is 650 g/mol. The van der Waals surface area contributed by atoms with Gasteiger partial charge in [0.05, 0.1) is 0 Å². The molecule has 0 heterocycles. The molecule has 266 valence electrons. The Morgan fingerprint density at radius 1 is 0.533 bits per heavy atom. The Kier molecular flexibility index (Phi) is 37.1. The predicted molar refractivity (Wildman–Crippen MR) is 204 cm³/mol. The Bertz CT molecular complexity index is 649. The maximum Gasteiger partial charge on any atom is 0.323 e. The summed E-state index contributed by atoms with van der Waals surface area (Å²) in [5.41, 5.74) is 6.13. The van der Waals surface area contributed by atoms with Gasteiger partial charge in [0.2, 0.25) is 0 Å². The maximum absolute atomic E-state index is 12.6. The number of unbranched alkanes of at least 4 members (excludes halogenated alkanes) is 23. The van der Waals surface area contributed by atoms with Crippen LogP contribution in [-0.2, 0) is 9.53 Å². The van der Waals surface area contributed by atoms with Crippen molar-refractivity contribution in [3.63, 3.8) is 0 Å². The molecule has 0 fully saturated rings. The van der Waals surface area contributed by atoms with Crippen molar-refractivity contribution in [2.45, 2.75) is 219 Å². The van der Waals surface area contributed by atoms with Crippen molar-refractivity contribution in [2.24, 2.45) is 5.73 Å². The number of allylic oxidation sites excluding steroid dienone is 4. The summed E-state index contributed by atoms with van der Waals surface area (Å²) in [6, 6.07) is -0.478. The quantitative estimate of drug-likeness (QED) is 0.0417. The second-order valence-corrected chi connectivity index (χ2v) is 14.5. The van der Waals surface area contributed by atoms with Crippen LogP contribution in [0.15, 0.2) is 24.3 Å². The first kappa shape index (κ1) is 44.3. The van der Waals surface area contributed by atoms with E-state index in [1.54, 1.807) is 11.8 Å². The fourth-order valence-corrected chi connectivity index (χ4v) is 6.43. The maximum atomic E-state index is 12.6. The van der Waals surface area contributed by atoms with Gasteiger partial charge in [0.15, 0.2) is 0 Å². The van der Waals surface area contributed by atoms with Gasteiger partial charge in [-0.1, -0.05) is 147 Å². The van der Waals surface area contributed by atoms with Gasteiger partial charge in [-0.3, -0.25) is 4.79 Å². The molecule has 0 aromatic carbocycles. The Morgan fingerprint density at radius 2 is 0.867 bits per heavy atom. The van der Waals surface area contributed by atoms with E-state index in [1.807, 2.05) is 0 Å². The van der Waals surface area contributed by atoms with Crippen LogP contribution in [0.2, 0.25) is 0 Å². The molecule has 45 heavy (non-hydrogen) atoms. The number of thioether (sulfide) groups is 1. The topological polar surface area (TPSA) is 52.3 Å². The Morgan fingerprint density at radius 3 is 1.22 bits per heavy atom. The van der Waals surface area contributed by atoms with Crippen LogP contribution < -0.4 is 5.73 Å². The van der Waals surface area contributed by atoms with E-state index in [1.165, 1.54) is 161 Å². The molecule has 0 aliphatic rings. The summed E-state index contributed by atoms with van der Waals surface area (Å²) in [7, 11) is 0. The third-order valence-electron chi connectivity index (χ3n) is 9.04. The average molecular weight is 650 g/mol. The Balaban J connectivity index is 4.00. The van der Waals surface area contributed by atoms with Crippen molar-refractivity contribution in [2.75, 3.05) is 12.0 Å². The van der Waals surface area contributed by atoms with E-state index >= 15 is 0 Å². The highest BCUT2D eigenvalue weighted by Gasteiger charge is 2.20. The molecule has 4 heteroatoms. The van der Waals surface area contributed by atoms with Crippen LogP contribution in [0, 0.1) is 0 Å². The van der Waals surface area contributed by atoms with E-state index in [0.29, 0.717) is 6.42 Å². The van der Waals surface area contributed by atoms with Crippen LogP contribution in [0.3, 0.4) is 0 Å². The first-order chi connectivity index (χ1) is 22.2. The molecule has 0 bridgehead atoms. The van der Waals surface area contributed by atoms with Crippen LogP contribution in [0.25, 0.3) is 0 Å². The van der Waals surface area contributed by atoms with Crippen molar-refractivity contribution >= 4 is 17.7 Å².